The van der Waals surface area contributed by atoms with Crippen LogP contribution in [0.25, 0.3) is 0 Å². The Balaban J connectivity index is 1.87. The molecule has 2 saturated heterocycles. The van der Waals surface area contributed by atoms with Gasteiger partial charge in [-0.15, -0.1) is 0 Å². The number of hydrogen-bond donors (Lipinski definition) is 2. The maximum Gasteiger partial charge on any atom is 0.239 e. The zero-order chi connectivity index (χ0) is 11.5. The second-order valence-corrected chi connectivity index (χ2v) is 5.17. The Kier molecular flexibility index (Phi) is 3.82. The van der Waals surface area contributed by atoms with Crippen molar-refractivity contribution in [2.75, 3.05) is 19.7 Å². The summed E-state index contributed by atoms with van der Waals surface area (Å²) in [6.45, 7) is 3.90. The summed E-state index contributed by atoms with van der Waals surface area (Å²) < 4.78 is 0. The predicted molar refractivity (Wildman–Crippen MR) is 62.0 cm³/mol. The van der Waals surface area contributed by atoms with Gasteiger partial charge in [0.1, 0.15) is 0 Å². The number of aliphatic hydroxyl groups excluding tert-OH is 1. The number of aliphatic hydroxyl groups is 1. The van der Waals surface area contributed by atoms with Gasteiger partial charge in [-0.25, -0.2) is 0 Å². The van der Waals surface area contributed by atoms with Crippen molar-refractivity contribution >= 4 is 5.91 Å². The topological polar surface area (TPSA) is 52.6 Å². The third-order valence-corrected chi connectivity index (χ3v) is 3.77. The van der Waals surface area contributed by atoms with Crippen molar-refractivity contribution in [1.29, 1.82) is 0 Å². The molecule has 16 heavy (non-hydrogen) atoms. The maximum atomic E-state index is 12.2. The van der Waals surface area contributed by atoms with Crippen LogP contribution in [0, 0.1) is 5.92 Å². The van der Waals surface area contributed by atoms with Gasteiger partial charge in [0.2, 0.25) is 5.91 Å². The number of rotatable bonds is 2. The zero-order valence-corrected chi connectivity index (χ0v) is 9.98. The average molecular weight is 226 g/mol. The van der Waals surface area contributed by atoms with E-state index < -0.39 is 0 Å². The lowest BCUT2D eigenvalue weighted by Crippen LogP contribution is -2.50. The van der Waals surface area contributed by atoms with Gasteiger partial charge in [-0.2, -0.15) is 0 Å². The number of hydrogen-bond acceptors (Lipinski definition) is 3. The summed E-state index contributed by atoms with van der Waals surface area (Å²) in [5.74, 6) is 0.535. The minimum atomic E-state index is 0.0150. The fourth-order valence-corrected chi connectivity index (χ4v) is 2.74. The lowest BCUT2D eigenvalue weighted by Gasteiger charge is -2.31. The second-order valence-electron chi connectivity index (χ2n) is 5.17. The van der Waals surface area contributed by atoms with E-state index in [4.69, 9.17) is 5.11 Å². The van der Waals surface area contributed by atoms with Gasteiger partial charge in [0.15, 0.2) is 0 Å². The summed E-state index contributed by atoms with van der Waals surface area (Å²) in [6.07, 6.45) is 4.22. The standard InChI is InChI=1S/C12H22N2O2/c1-9-3-2-4-11(13-9)12(16)14-6-5-10(7-14)8-15/h9-11,13,15H,2-8H2,1H3. The Morgan fingerprint density at radius 3 is 2.88 bits per heavy atom. The number of carbonyl (C=O) groups is 1. The molecule has 4 nitrogen and oxygen atoms in total. The van der Waals surface area contributed by atoms with Crippen LogP contribution >= 0.6 is 0 Å². The molecule has 0 aromatic heterocycles. The first kappa shape index (κ1) is 11.9. The Bertz CT molecular complexity index is 257. The van der Waals surface area contributed by atoms with Crippen LogP contribution in [-0.4, -0.2) is 47.7 Å². The van der Waals surface area contributed by atoms with Gasteiger partial charge in [0.25, 0.3) is 0 Å². The molecule has 2 rings (SSSR count). The summed E-state index contributed by atoms with van der Waals surface area (Å²) in [5, 5.41) is 12.4. The van der Waals surface area contributed by atoms with E-state index in [1.807, 2.05) is 4.90 Å². The van der Waals surface area contributed by atoms with Gasteiger partial charge in [0.05, 0.1) is 6.04 Å². The maximum absolute atomic E-state index is 12.2. The van der Waals surface area contributed by atoms with Crippen LogP contribution in [0.5, 0.6) is 0 Å². The monoisotopic (exact) mass is 226 g/mol. The third kappa shape index (κ3) is 2.55. The lowest BCUT2D eigenvalue weighted by atomic mass is 9.99. The van der Waals surface area contributed by atoms with Gasteiger partial charge in [-0.3, -0.25) is 4.79 Å². The highest BCUT2D eigenvalue weighted by Gasteiger charge is 2.32. The molecule has 0 aliphatic carbocycles. The summed E-state index contributed by atoms with van der Waals surface area (Å²) >= 11 is 0. The van der Waals surface area contributed by atoms with Crippen molar-refractivity contribution in [3.05, 3.63) is 0 Å². The smallest absolute Gasteiger partial charge is 0.239 e. The predicted octanol–water partition coefficient (Wildman–Crippen LogP) is 0.358. The summed E-state index contributed by atoms with van der Waals surface area (Å²) in [7, 11) is 0. The van der Waals surface area contributed by atoms with E-state index in [1.54, 1.807) is 0 Å². The first-order valence-corrected chi connectivity index (χ1v) is 6.36. The quantitative estimate of drug-likeness (QED) is 0.715. The van der Waals surface area contributed by atoms with E-state index in [0.29, 0.717) is 12.0 Å². The second kappa shape index (κ2) is 5.15. The molecule has 2 heterocycles. The molecule has 0 spiro atoms. The van der Waals surface area contributed by atoms with Crippen molar-refractivity contribution in [3.63, 3.8) is 0 Å². The molecule has 2 aliphatic heterocycles. The molecule has 2 fully saturated rings. The van der Waals surface area contributed by atoms with Crippen LogP contribution in [0.3, 0.4) is 0 Å². The Morgan fingerprint density at radius 2 is 2.25 bits per heavy atom. The largest absolute Gasteiger partial charge is 0.396 e. The van der Waals surface area contributed by atoms with Crippen molar-refractivity contribution in [1.82, 2.24) is 10.2 Å². The minimum Gasteiger partial charge on any atom is -0.396 e. The number of likely N-dealkylation sites (tertiary alicyclic amines) is 1. The third-order valence-electron chi connectivity index (χ3n) is 3.77. The Hall–Kier alpha value is -0.610. The van der Waals surface area contributed by atoms with Gasteiger partial charge in [-0.1, -0.05) is 0 Å². The number of nitrogens with zero attached hydrogens (tertiary/aromatic N) is 1. The first-order valence-electron chi connectivity index (χ1n) is 6.36. The van der Waals surface area contributed by atoms with E-state index in [2.05, 4.69) is 12.2 Å². The normalized spacial score (nSPS) is 35.4. The van der Waals surface area contributed by atoms with Crippen molar-refractivity contribution in [2.24, 2.45) is 5.92 Å². The first-order chi connectivity index (χ1) is 7.70. The highest BCUT2D eigenvalue weighted by Crippen LogP contribution is 2.20. The molecule has 1 amide bonds. The van der Waals surface area contributed by atoms with Crippen molar-refractivity contribution < 1.29 is 9.90 Å². The molecule has 0 saturated carbocycles. The van der Waals surface area contributed by atoms with Crippen LogP contribution < -0.4 is 5.32 Å². The molecule has 2 N–H and O–H groups in total. The molecular weight excluding hydrogens is 204 g/mol. The Morgan fingerprint density at radius 1 is 1.44 bits per heavy atom. The number of carbonyl (C=O) groups excluding carboxylic acids is 1. The molecule has 4 heteroatoms. The van der Waals surface area contributed by atoms with Crippen LogP contribution in [0.4, 0.5) is 0 Å². The van der Waals surface area contributed by atoms with Gasteiger partial charge >= 0.3 is 0 Å². The molecular formula is C12H22N2O2. The van der Waals surface area contributed by atoms with E-state index in [-0.39, 0.29) is 18.6 Å². The average Bonchev–Trinajstić information content (AvgIpc) is 2.76. The van der Waals surface area contributed by atoms with E-state index in [0.717, 1.165) is 32.4 Å². The van der Waals surface area contributed by atoms with E-state index in [1.165, 1.54) is 6.42 Å². The molecule has 92 valence electrons. The van der Waals surface area contributed by atoms with Gasteiger partial charge in [-0.05, 0) is 32.6 Å². The minimum absolute atomic E-state index is 0.0150. The van der Waals surface area contributed by atoms with Crippen LogP contribution in [0.15, 0.2) is 0 Å². The fraction of sp³-hybridized carbons (Fsp3) is 0.917. The number of piperidine rings is 1. The SMILES string of the molecule is CC1CCCC(C(=O)N2CCC(CO)C2)N1. The molecule has 2 aliphatic rings. The van der Waals surface area contributed by atoms with E-state index >= 15 is 0 Å². The molecule has 3 atom stereocenters. The van der Waals surface area contributed by atoms with Crippen LogP contribution in [-0.2, 0) is 4.79 Å². The summed E-state index contributed by atoms with van der Waals surface area (Å²) in [4.78, 5) is 14.1. The van der Waals surface area contributed by atoms with Gasteiger partial charge < -0.3 is 15.3 Å². The molecule has 3 unspecified atom stereocenters. The van der Waals surface area contributed by atoms with Gasteiger partial charge in [0, 0.05) is 31.7 Å². The zero-order valence-electron chi connectivity index (χ0n) is 9.98. The molecule has 0 bridgehead atoms. The van der Waals surface area contributed by atoms with Crippen LogP contribution in [0.1, 0.15) is 32.6 Å². The fourth-order valence-electron chi connectivity index (χ4n) is 2.74. The number of nitrogens with one attached hydrogen (secondary N) is 1. The summed E-state index contributed by atoms with van der Waals surface area (Å²) in [5.41, 5.74) is 0. The molecule has 0 radical (unpaired) electrons. The summed E-state index contributed by atoms with van der Waals surface area (Å²) in [6, 6.07) is 0.472. The number of amides is 1. The van der Waals surface area contributed by atoms with E-state index in [9.17, 15) is 4.79 Å². The highest BCUT2D eigenvalue weighted by molar-refractivity contribution is 5.82. The Labute approximate surface area is 97.0 Å². The highest BCUT2D eigenvalue weighted by atomic mass is 16.3. The van der Waals surface area contributed by atoms with Crippen molar-refractivity contribution in [2.45, 2.75) is 44.7 Å². The van der Waals surface area contributed by atoms with Crippen LogP contribution in [0.2, 0.25) is 0 Å². The molecule has 0 aromatic carbocycles. The molecule has 0 aromatic rings. The lowest BCUT2D eigenvalue weighted by molar-refractivity contribution is -0.133. The van der Waals surface area contributed by atoms with Crippen molar-refractivity contribution in [3.8, 4) is 0 Å².